The predicted molar refractivity (Wildman–Crippen MR) is 68.5 cm³/mol. The van der Waals surface area contributed by atoms with Gasteiger partial charge in [-0.05, 0) is 36.8 Å². The number of hydrogen-bond donors (Lipinski definition) is 2. The Labute approximate surface area is 111 Å². The van der Waals surface area contributed by atoms with E-state index < -0.39 is 12.6 Å². The number of nitrogens with one attached hydrogen (secondary N) is 1. The number of nitrogens with two attached hydrogens (primary N) is 1. The Bertz CT molecular complexity index is 417. The van der Waals surface area contributed by atoms with Gasteiger partial charge >= 0.3 is 6.18 Å². The largest absolute Gasteiger partial charge is 0.389 e. The Morgan fingerprint density at radius 2 is 2.05 bits per heavy atom. The van der Waals surface area contributed by atoms with Gasteiger partial charge in [0.25, 0.3) is 0 Å². The van der Waals surface area contributed by atoms with E-state index in [1.165, 1.54) is 5.56 Å². The maximum absolute atomic E-state index is 12.3. The molecule has 2 nitrogen and oxygen atoms in total. The van der Waals surface area contributed by atoms with Gasteiger partial charge in [-0.25, -0.2) is 0 Å². The lowest BCUT2D eigenvalue weighted by molar-refractivity contribution is -0.137. The highest BCUT2D eigenvalue weighted by atomic mass is 19.4. The van der Waals surface area contributed by atoms with Gasteiger partial charge in [-0.3, -0.25) is 11.3 Å². The van der Waals surface area contributed by atoms with Crippen molar-refractivity contribution in [3.63, 3.8) is 0 Å². The van der Waals surface area contributed by atoms with Gasteiger partial charge in [0.05, 0.1) is 0 Å². The fourth-order valence-corrected chi connectivity index (χ4v) is 2.93. The third kappa shape index (κ3) is 3.70. The molecule has 1 aromatic rings. The van der Waals surface area contributed by atoms with Crippen LogP contribution in [0.5, 0.6) is 0 Å². The molecule has 1 aromatic carbocycles. The Hall–Kier alpha value is -1.07. The van der Waals surface area contributed by atoms with Crippen molar-refractivity contribution in [2.24, 2.45) is 5.84 Å². The third-order valence-electron chi connectivity index (χ3n) is 3.85. The number of aryl methyl sites for hydroxylation is 1. The summed E-state index contributed by atoms with van der Waals surface area (Å²) in [5, 5.41) is 0. The zero-order valence-corrected chi connectivity index (χ0v) is 10.7. The SMILES string of the molecule is NNC(CCC(F)(F)F)C1CCCc2ccccc21. The van der Waals surface area contributed by atoms with Gasteiger partial charge < -0.3 is 0 Å². The van der Waals surface area contributed by atoms with Gasteiger partial charge in [-0.15, -0.1) is 0 Å². The molecule has 0 spiro atoms. The molecule has 1 aliphatic rings. The molecule has 19 heavy (non-hydrogen) atoms. The molecule has 0 radical (unpaired) electrons. The maximum atomic E-state index is 12.3. The Balaban J connectivity index is 2.11. The van der Waals surface area contributed by atoms with Crippen LogP contribution in [-0.2, 0) is 6.42 Å². The average Bonchev–Trinajstić information content (AvgIpc) is 2.38. The normalized spacial score (nSPS) is 20.9. The number of hydrogen-bond acceptors (Lipinski definition) is 2. The van der Waals surface area contributed by atoms with Crippen LogP contribution in [0.15, 0.2) is 24.3 Å². The highest BCUT2D eigenvalue weighted by Gasteiger charge is 2.32. The minimum Gasteiger partial charge on any atom is -0.271 e. The van der Waals surface area contributed by atoms with Crippen molar-refractivity contribution < 1.29 is 13.2 Å². The number of benzene rings is 1. The van der Waals surface area contributed by atoms with E-state index in [-0.39, 0.29) is 18.4 Å². The van der Waals surface area contributed by atoms with Crippen molar-refractivity contribution >= 4 is 0 Å². The summed E-state index contributed by atoms with van der Waals surface area (Å²) in [6.07, 6.45) is -1.98. The lowest BCUT2D eigenvalue weighted by Crippen LogP contribution is -2.41. The van der Waals surface area contributed by atoms with Crippen molar-refractivity contribution in [3.05, 3.63) is 35.4 Å². The van der Waals surface area contributed by atoms with Crippen LogP contribution in [0.25, 0.3) is 0 Å². The summed E-state index contributed by atoms with van der Waals surface area (Å²) >= 11 is 0. The van der Waals surface area contributed by atoms with Gasteiger partial charge in [0, 0.05) is 18.4 Å². The summed E-state index contributed by atoms with van der Waals surface area (Å²) in [5.41, 5.74) is 4.98. The molecular weight excluding hydrogens is 253 g/mol. The molecule has 1 aliphatic carbocycles. The fourth-order valence-electron chi connectivity index (χ4n) is 2.93. The van der Waals surface area contributed by atoms with Crippen molar-refractivity contribution in [3.8, 4) is 0 Å². The molecule has 0 saturated heterocycles. The third-order valence-corrected chi connectivity index (χ3v) is 3.85. The zero-order valence-electron chi connectivity index (χ0n) is 10.7. The van der Waals surface area contributed by atoms with Crippen molar-refractivity contribution in [2.45, 2.75) is 50.2 Å². The molecule has 0 aromatic heterocycles. The van der Waals surface area contributed by atoms with Crippen LogP contribution < -0.4 is 11.3 Å². The maximum Gasteiger partial charge on any atom is 0.389 e. The van der Waals surface area contributed by atoms with Crippen LogP contribution in [0.4, 0.5) is 13.2 Å². The molecule has 0 heterocycles. The molecule has 3 N–H and O–H groups in total. The molecule has 2 atom stereocenters. The van der Waals surface area contributed by atoms with Crippen molar-refractivity contribution in [1.29, 1.82) is 0 Å². The lowest BCUT2D eigenvalue weighted by atomic mass is 9.78. The molecule has 106 valence electrons. The van der Waals surface area contributed by atoms with Gasteiger partial charge in [0.15, 0.2) is 0 Å². The molecule has 0 fully saturated rings. The highest BCUT2D eigenvalue weighted by molar-refractivity contribution is 5.33. The van der Waals surface area contributed by atoms with E-state index in [0.29, 0.717) is 0 Å². The first-order chi connectivity index (χ1) is 9.01. The smallest absolute Gasteiger partial charge is 0.271 e. The monoisotopic (exact) mass is 272 g/mol. The van der Waals surface area contributed by atoms with Gasteiger partial charge in [-0.2, -0.15) is 13.2 Å². The first-order valence-electron chi connectivity index (χ1n) is 6.62. The molecular formula is C14H19F3N2. The standard InChI is InChI=1S/C14H19F3N2/c15-14(16,17)9-8-13(19-18)12-7-3-5-10-4-1-2-6-11(10)12/h1-2,4,6,12-13,19H,3,5,7-9,18H2. The van der Waals surface area contributed by atoms with E-state index in [0.717, 1.165) is 24.8 Å². The molecule has 0 amide bonds. The quantitative estimate of drug-likeness (QED) is 0.652. The number of halogens is 3. The molecule has 5 heteroatoms. The van der Waals surface area contributed by atoms with Crippen LogP contribution in [-0.4, -0.2) is 12.2 Å². The van der Waals surface area contributed by atoms with Crippen LogP contribution in [0.2, 0.25) is 0 Å². The van der Waals surface area contributed by atoms with Gasteiger partial charge in [0.2, 0.25) is 0 Å². The van der Waals surface area contributed by atoms with E-state index in [2.05, 4.69) is 11.5 Å². The zero-order chi connectivity index (χ0) is 13.9. The van der Waals surface area contributed by atoms with Crippen LogP contribution in [0, 0.1) is 0 Å². The van der Waals surface area contributed by atoms with E-state index in [4.69, 9.17) is 5.84 Å². The second kappa shape index (κ2) is 5.92. The number of rotatable bonds is 4. The molecule has 0 aliphatic heterocycles. The first-order valence-corrected chi connectivity index (χ1v) is 6.62. The molecule has 2 rings (SSSR count). The Morgan fingerprint density at radius 1 is 1.32 bits per heavy atom. The summed E-state index contributed by atoms with van der Waals surface area (Å²) in [6.45, 7) is 0. The van der Waals surface area contributed by atoms with Gasteiger partial charge in [0.1, 0.15) is 0 Å². The summed E-state index contributed by atoms with van der Waals surface area (Å²) < 4.78 is 37.0. The fraction of sp³-hybridized carbons (Fsp3) is 0.571. The molecule has 0 bridgehead atoms. The van der Waals surface area contributed by atoms with Crippen LogP contribution >= 0.6 is 0 Å². The summed E-state index contributed by atoms with van der Waals surface area (Å²) in [7, 11) is 0. The Kier molecular flexibility index (Phi) is 4.47. The second-order valence-electron chi connectivity index (χ2n) is 5.12. The van der Waals surface area contributed by atoms with Crippen molar-refractivity contribution in [2.75, 3.05) is 0 Å². The molecule has 2 unspecified atom stereocenters. The van der Waals surface area contributed by atoms with E-state index in [1.807, 2.05) is 18.2 Å². The summed E-state index contributed by atoms with van der Waals surface area (Å²) in [5.74, 6) is 5.55. The van der Waals surface area contributed by atoms with E-state index in [1.54, 1.807) is 0 Å². The van der Waals surface area contributed by atoms with E-state index in [9.17, 15) is 13.2 Å². The minimum absolute atomic E-state index is 0.0268. The number of hydrazine groups is 1. The molecule has 0 saturated carbocycles. The number of alkyl halides is 3. The highest BCUT2D eigenvalue weighted by Crippen LogP contribution is 2.36. The predicted octanol–water partition coefficient (Wildman–Crippen LogP) is 3.28. The van der Waals surface area contributed by atoms with E-state index >= 15 is 0 Å². The summed E-state index contributed by atoms with van der Waals surface area (Å²) in [6, 6.07) is 7.66. The number of fused-ring (bicyclic) bond motifs is 1. The minimum atomic E-state index is -4.12. The second-order valence-corrected chi connectivity index (χ2v) is 5.12. The van der Waals surface area contributed by atoms with Gasteiger partial charge in [-0.1, -0.05) is 24.3 Å². The topological polar surface area (TPSA) is 38.0 Å². The lowest BCUT2D eigenvalue weighted by Gasteiger charge is -2.32. The summed E-state index contributed by atoms with van der Waals surface area (Å²) in [4.78, 5) is 0. The first kappa shape index (κ1) is 14.3. The average molecular weight is 272 g/mol. The van der Waals surface area contributed by atoms with Crippen LogP contribution in [0.3, 0.4) is 0 Å². The van der Waals surface area contributed by atoms with Crippen molar-refractivity contribution in [1.82, 2.24) is 5.43 Å². The van der Waals surface area contributed by atoms with Crippen LogP contribution in [0.1, 0.15) is 42.7 Å². The Morgan fingerprint density at radius 3 is 2.74 bits per heavy atom.